The van der Waals surface area contributed by atoms with Crippen molar-refractivity contribution in [1.82, 2.24) is 4.98 Å². The zero-order chi connectivity index (χ0) is 13.1. The molecule has 2 bridgehead atoms. The molecule has 90 valence electrons. The minimum absolute atomic E-state index is 0.0968. The maximum absolute atomic E-state index is 9.12. The third-order valence-electron chi connectivity index (χ3n) is 5.43. The molecular formula is C15H15N3. The van der Waals surface area contributed by atoms with Crippen molar-refractivity contribution in [2.24, 2.45) is 5.41 Å². The standard InChI is InChI=1S/C15H15N3/c1-14(2)10-4-5-15(14,3)11-6-9(7-16)12(8-17)18-13(10)11/h6,10H,4-5H2,1-3H3. The third kappa shape index (κ3) is 1.01. The van der Waals surface area contributed by atoms with E-state index in [0.29, 0.717) is 11.5 Å². The van der Waals surface area contributed by atoms with E-state index in [4.69, 9.17) is 10.5 Å². The fraction of sp³-hybridized carbons (Fsp3) is 0.533. The zero-order valence-electron chi connectivity index (χ0n) is 10.9. The summed E-state index contributed by atoms with van der Waals surface area (Å²) < 4.78 is 0. The van der Waals surface area contributed by atoms with Gasteiger partial charge in [0.1, 0.15) is 12.1 Å². The van der Waals surface area contributed by atoms with Crippen molar-refractivity contribution in [3.63, 3.8) is 0 Å². The smallest absolute Gasteiger partial charge is 0.158 e. The largest absolute Gasteiger partial charge is 0.240 e. The third-order valence-corrected chi connectivity index (χ3v) is 5.43. The van der Waals surface area contributed by atoms with E-state index >= 15 is 0 Å². The van der Waals surface area contributed by atoms with E-state index in [-0.39, 0.29) is 16.5 Å². The highest BCUT2D eigenvalue weighted by Crippen LogP contribution is 2.67. The number of hydrogen-bond acceptors (Lipinski definition) is 3. The van der Waals surface area contributed by atoms with E-state index in [1.165, 1.54) is 5.56 Å². The van der Waals surface area contributed by atoms with Crippen LogP contribution < -0.4 is 0 Å². The van der Waals surface area contributed by atoms with Crippen LogP contribution in [0.25, 0.3) is 0 Å². The van der Waals surface area contributed by atoms with E-state index in [1.54, 1.807) is 0 Å². The number of aromatic nitrogens is 1. The van der Waals surface area contributed by atoms with Gasteiger partial charge in [0, 0.05) is 17.0 Å². The minimum Gasteiger partial charge on any atom is -0.240 e. The second-order valence-electron chi connectivity index (χ2n) is 6.19. The molecule has 2 unspecified atom stereocenters. The van der Waals surface area contributed by atoms with Crippen molar-refractivity contribution in [1.29, 1.82) is 10.5 Å². The van der Waals surface area contributed by atoms with Gasteiger partial charge in [0.15, 0.2) is 5.69 Å². The monoisotopic (exact) mass is 237 g/mol. The second-order valence-corrected chi connectivity index (χ2v) is 6.19. The Kier molecular flexibility index (Phi) is 1.95. The van der Waals surface area contributed by atoms with Gasteiger partial charge in [-0.1, -0.05) is 20.8 Å². The average molecular weight is 237 g/mol. The molecular weight excluding hydrogens is 222 g/mol. The molecule has 0 spiro atoms. The molecule has 1 aromatic rings. The molecule has 0 saturated heterocycles. The van der Waals surface area contributed by atoms with E-state index in [2.05, 4.69) is 31.8 Å². The maximum Gasteiger partial charge on any atom is 0.158 e. The lowest BCUT2D eigenvalue weighted by Gasteiger charge is -2.35. The van der Waals surface area contributed by atoms with Crippen LogP contribution >= 0.6 is 0 Å². The van der Waals surface area contributed by atoms with Crippen molar-refractivity contribution in [2.75, 3.05) is 0 Å². The number of pyridine rings is 1. The van der Waals surface area contributed by atoms with E-state index in [0.717, 1.165) is 18.5 Å². The number of hydrogen-bond donors (Lipinski definition) is 0. The molecule has 3 heteroatoms. The van der Waals surface area contributed by atoms with Gasteiger partial charge in [-0.3, -0.25) is 0 Å². The summed E-state index contributed by atoms with van der Waals surface area (Å²) in [5.41, 5.74) is 3.22. The van der Waals surface area contributed by atoms with Gasteiger partial charge in [0.25, 0.3) is 0 Å². The Hall–Kier alpha value is -1.87. The fourth-order valence-corrected chi connectivity index (χ4v) is 3.87. The van der Waals surface area contributed by atoms with Crippen LogP contribution in [0.2, 0.25) is 0 Å². The lowest BCUT2D eigenvalue weighted by molar-refractivity contribution is 0.230. The molecule has 1 fully saturated rings. The maximum atomic E-state index is 9.12. The summed E-state index contributed by atoms with van der Waals surface area (Å²) in [5.74, 6) is 0.428. The molecule has 0 N–H and O–H groups in total. The van der Waals surface area contributed by atoms with Gasteiger partial charge in [-0.2, -0.15) is 10.5 Å². The normalized spacial score (nSPS) is 30.6. The molecule has 1 heterocycles. The van der Waals surface area contributed by atoms with Gasteiger partial charge in [0.05, 0.1) is 5.56 Å². The van der Waals surface area contributed by atoms with Crippen molar-refractivity contribution in [2.45, 2.75) is 44.9 Å². The van der Waals surface area contributed by atoms with Crippen LogP contribution in [0.5, 0.6) is 0 Å². The molecule has 2 aliphatic rings. The molecule has 1 saturated carbocycles. The van der Waals surface area contributed by atoms with Gasteiger partial charge in [-0.05, 0) is 29.9 Å². The first-order valence-electron chi connectivity index (χ1n) is 6.31. The summed E-state index contributed by atoms with van der Waals surface area (Å²) in [6.45, 7) is 6.84. The Bertz CT molecular complexity index is 630. The van der Waals surface area contributed by atoms with Crippen molar-refractivity contribution in [3.8, 4) is 12.1 Å². The van der Waals surface area contributed by atoms with E-state index in [1.807, 2.05) is 12.1 Å². The summed E-state index contributed by atoms with van der Waals surface area (Å²) >= 11 is 0. The zero-order valence-corrected chi connectivity index (χ0v) is 10.9. The fourth-order valence-electron chi connectivity index (χ4n) is 3.87. The Morgan fingerprint density at radius 2 is 2.00 bits per heavy atom. The Labute approximate surface area is 107 Å². The van der Waals surface area contributed by atoms with Crippen molar-refractivity contribution in [3.05, 3.63) is 28.6 Å². The summed E-state index contributed by atoms with van der Waals surface area (Å²) in [6, 6.07) is 6.04. The number of fused-ring (bicyclic) bond motifs is 5. The number of nitriles is 2. The molecule has 1 aromatic heterocycles. The predicted molar refractivity (Wildman–Crippen MR) is 66.8 cm³/mol. The Balaban J connectivity index is 2.32. The SMILES string of the molecule is CC12CCC(c3nc(C#N)c(C#N)cc31)C2(C)C. The lowest BCUT2D eigenvalue weighted by atomic mass is 9.68. The van der Waals surface area contributed by atoms with Crippen LogP contribution in [0.4, 0.5) is 0 Å². The van der Waals surface area contributed by atoms with Gasteiger partial charge in [0.2, 0.25) is 0 Å². The van der Waals surface area contributed by atoms with Crippen LogP contribution in [0, 0.1) is 28.1 Å². The highest BCUT2D eigenvalue weighted by Gasteiger charge is 2.60. The van der Waals surface area contributed by atoms with Crippen LogP contribution in [0.3, 0.4) is 0 Å². The van der Waals surface area contributed by atoms with Crippen molar-refractivity contribution >= 4 is 0 Å². The molecule has 0 amide bonds. The van der Waals surface area contributed by atoms with Gasteiger partial charge < -0.3 is 0 Å². The van der Waals surface area contributed by atoms with Crippen molar-refractivity contribution < 1.29 is 0 Å². The van der Waals surface area contributed by atoms with E-state index < -0.39 is 0 Å². The summed E-state index contributed by atoms with van der Waals surface area (Å²) in [4.78, 5) is 4.48. The van der Waals surface area contributed by atoms with Crippen LogP contribution in [0.1, 0.15) is 62.0 Å². The molecule has 0 aromatic carbocycles. The molecule has 18 heavy (non-hydrogen) atoms. The second kappa shape index (κ2) is 3.12. The summed E-state index contributed by atoms with van der Waals surface area (Å²) in [5, 5.41) is 18.2. The Morgan fingerprint density at radius 1 is 1.28 bits per heavy atom. The number of rotatable bonds is 0. The van der Waals surface area contributed by atoms with E-state index in [9.17, 15) is 0 Å². The minimum atomic E-state index is 0.0968. The highest BCUT2D eigenvalue weighted by molar-refractivity contribution is 5.53. The lowest BCUT2D eigenvalue weighted by Crippen LogP contribution is -2.31. The first kappa shape index (κ1) is 11.2. The molecule has 0 aliphatic heterocycles. The van der Waals surface area contributed by atoms with Gasteiger partial charge in [-0.15, -0.1) is 0 Å². The first-order valence-corrected chi connectivity index (χ1v) is 6.31. The first-order chi connectivity index (χ1) is 8.45. The summed E-state index contributed by atoms with van der Waals surface area (Å²) in [6.07, 6.45) is 2.29. The van der Waals surface area contributed by atoms with Crippen LogP contribution in [-0.4, -0.2) is 4.98 Å². The quantitative estimate of drug-likeness (QED) is 0.696. The predicted octanol–water partition coefficient (Wildman–Crippen LogP) is 3.00. The highest BCUT2D eigenvalue weighted by atomic mass is 14.8. The molecule has 3 nitrogen and oxygen atoms in total. The van der Waals surface area contributed by atoms with Crippen LogP contribution in [0.15, 0.2) is 6.07 Å². The van der Waals surface area contributed by atoms with Crippen LogP contribution in [-0.2, 0) is 5.41 Å². The molecule has 0 radical (unpaired) electrons. The average Bonchev–Trinajstić information content (AvgIpc) is 2.68. The van der Waals surface area contributed by atoms with Gasteiger partial charge >= 0.3 is 0 Å². The summed E-state index contributed by atoms with van der Waals surface area (Å²) in [7, 11) is 0. The molecule has 2 atom stereocenters. The molecule has 3 rings (SSSR count). The topological polar surface area (TPSA) is 60.5 Å². The number of nitrogens with zero attached hydrogens (tertiary/aromatic N) is 3. The Morgan fingerprint density at radius 3 is 2.61 bits per heavy atom. The molecule has 2 aliphatic carbocycles. The van der Waals surface area contributed by atoms with Gasteiger partial charge in [-0.25, -0.2) is 4.98 Å².